The standard InChI is InChI=1S/C19H18O6/c1-10-8-13-15(9-11(10)2)25-17(14-6-5-7-23-14)18(16(13)20)24-12(3)19(21)22-4/h5-9,12H,1-4H3. The summed E-state index contributed by atoms with van der Waals surface area (Å²) in [6.07, 6.45) is 0.499. The Kier molecular flexibility index (Phi) is 4.35. The van der Waals surface area contributed by atoms with Crippen LogP contribution >= 0.6 is 0 Å². The van der Waals surface area contributed by atoms with Gasteiger partial charge in [0, 0.05) is 0 Å². The minimum absolute atomic E-state index is 0.0800. The fourth-order valence-corrected chi connectivity index (χ4v) is 2.50. The predicted octanol–water partition coefficient (Wildman–Crippen LogP) is 3.61. The molecule has 25 heavy (non-hydrogen) atoms. The van der Waals surface area contributed by atoms with Crippen LogP contribution in [0.3, 0.4) is 0 Å². The van der Waals surface area contributed by atoms with Crippen molar-refractivity contribution in [2.75, 3.05) is 7.11 Å². The highest BCUT2D eigenvalue weighted by atomic mass is 16.6. The molecule has 0 bridgehead atoms. The monoisotopic (exact) mass is 342 g/mol. The topological polar surface area (TPSA) is 78.9 Å². The normalized spacial score (nSPS) is 12.2. The minimum atomic E-state index is -0.967. The Bertz CT molecular complexity index is 981. The van der Waals surface area contributed by atoms with E-state index in [2.05, 4.69) is 4.74 Å². The Morgan fingerprint density at radius 2 is 1.92 bits per heavy atom. The first-order valence-corrected chi connectivity index (χ1v) is 7.78. The number of rotatable bonds is 4. The number of hydrogen-bond acceptors (Lipinski definition) is 6. The van der Waals surface area contributed by atoms with Gasteiger partial charge in [-0.3, -0.25) is 4.79 Å². The molecule has 0 radical (unpaired) electrons. The molecule has 0 saturated heterocycles. The molecule has 0 saturated carbocycles. The molecule has 0 aliphatic rings. The second-order valence-electron chi connectivity index (χ2n) is 5.78. The number of fused-ring (bicyclic) bond motifs is 1. The van der Waals surface area contributed by atoms with Crippen LogP contribution < -0.4 is 10.2 Å². The SMILES string of the molecule is COC(=O)C(C)Oc1c(-c2ccco2)oc2cc(C)c(C)cc2c1=O. The van der Waals surface area contributed by atoms with E-state index >= 15 is 0 Å². The quantitative estimate of drug-likeness (QED) is 0.674. The number of aryl methyl sites for hydroxylation is 2. The van der Waals surface area contributed by atoms with Gasteiger partial charge < -0.3 is 18.3 Å². The summed E-state index contributed by atoms with van der Waals surface area (Å²) < 4.78 is 21.5. The smallest absolute Gasteiger partial charge is 0.346 e. The summed E-state index contributed by atoms with van der Waals surface area (Å²) in [4.78, 5) is 24.7. The number of ether oxygens (including phenoxy) is 2. The average Bonchev–Trinajstić information content (AvgIpc) is 3.12. The third-order valence-electron chi connectivity index (χ3n) is 4.04. The van der Waals surface area contributed by atoms with Crippen molar-refractivity contribution in [3.05, 3.63) is 51.9 Å². The summed E-state index contributed by atoms with van der Waals surface area (Å²) in [6.45, 7) is 5.35. The molecular formula is C19H18O6. The van der Waals surface area contributed by atoms with Crippen LogP contribution in [0, 0.1) is 13.8 Å². The van der Waals surface area contributed by atoms with Crippen molar-refractivity contribution in [1.29, 1.82) is 0 Å². The van der Waals surface area contributed by atoms with Gasteiger partial charge in [-0.05, 0) is 56.2 Å². The van der Waals surface area contributed by atoms with E-state index in [1.165, 1.54) is 20.3 Å². The Morgan fingerprint density at radius 3 is 2.56 bits per heavy atom. The van der Waals surface area contributed by atoms with Crippen LogP contribution in [0.2, 0.25) is 0 Å². The molecule has 0 N–H and O–H groups in total. The van der Waals surface area contributed by atoms with Gasteiger partial charge in [-0.25, -0.2) is 4.79 Å². The summed E-state index contributed by atoms with van der Waals surface area (Å²) >= 11 is 0. The number of benzene rings is 1. The Morgan fingerprint density at radius 1 is 1.20 bits per heavy atom. The number of carbonyl (C=O) groups is 1. The van der Waals surface area contributed by atoms with Crippen molar-refractivity contribution in [3.63, 3.8) is 0 Å². The molecule has 1 unspecified atom stereocenters. The molecule has 3 aromatic rings. The van der Waals surface area contributed by atoms with E-state index in [1.807, 2.05) is 13.8 Å². The highest BCUT2D eigenvalue weighted by Gasteiger charge is 2.24. The van der Waals surface area contributed by atoms with Crippen molar-refractivity contribution < 1.29 is 23.1 Å². The van der Waals surface area contributed by atoms with E-state index in [1.54, 1.807) is 24.3 Å². The first-order valence-electron chi connectivity index (χ1n) is 7.78. The van der Waals surface area contributed by atoms with E-state index in [4.69, 9.17) is 13.6 Å². The number of furan rings is 1. The number of hydrogen-bond donors (Lipinski definition) is 0. The zero-order chi connectivity index (χ0) is 18.1. The van der Waals surface area contributed by atoms with E-state index < -0.39 is 12.1 Å². The lowest BCUT2D eigenvalue weighted by molar-refractivity contribution is -0.147. The maximum Gasteiger partial charge on any atom is 0.346 e. The maximum atomic E-state index is 13.0. The predicted molar refractivity (Wildman–Crippen MR) is 91.8 cm³/mol. The van der Waals surface area contributed by atoms with E-state index in [9.17, 15) is 9.59 Å². The molecular weight excluding hydrogens is 324 g/mol. The molecule has 0 aliphatic carbocycles. The van der Waals surface area contributed by atoms with Crippen molar-refractivity contribution in [3.8, 4) is 17.3 Å². The summed E-state index contributed by atoms with van der Waals surface area (Å²) in [5.41, 5.74) is 2.01. The van der Waals surface area contributed by atoms with E-state index in [-0.39, 0.29) is 16.9 Å². The molecule has 6 heteroatoms. The largest absolute Gasteiger partial charge is 0.471 e. The van der Waals surface area contributed by atoms with Gasteiger partial charge in [0.05, 0.1) is 18.8 Å². The fraction of sp³-hybridized carbons (Fsp3) is 0.263. The lowest BCUT2D eigenvalue weighted by Crippen LogP contribution is -2.27. The lowest BCUT2D eigenvalue weighted by Gasteiger charge is -2.15. The van der Waals surface area contributed by atoms with Crippen LogP contribution in [0.5, 0.6) is 5.75 Å². The number of methoxy groups -OCH3 is 1. The molecule has 130 valence electrons. The molecule has 0 spiro atoms. The molecule has 2 aromatic heterocycles. The summed E-state index contributed by atoms with van der Waals surface area (Å²) in [6, 6.07) is 6.87. The third kappa shape index (κ3) is 3.03. The van der Waals surface area contributed by atoms with Crippen LogP contribution in [0.15, 0.2) is 44.2 Å². The van der Waals surface area contributed by atoms with E-state index in [0.717, 1.165) is 11.1 Å². The van der Waals surface area contributed by atoms with E-state index in [0.29, 0.717) is 16.7 Å². The van der Waals surface area contributed by atoms with Gasteiger partial charge in [0.2, 0.25) is 16.9 Å². The summed E-state index contributed by atoms with van der Waals surface area (Å²) in [5.74, 6) is -0.195. The molecule has 0 fully saturated rings. The van der Waals surface area contributed by atoms with Gasteiger partial charge >= 0.3 is 5.97 Å². The average molecular weight is 342 g/mol. The highest BCUT2D eigenvalue weighted by molar-refractivity contribution is 5.83. The number of carbonyl (C=O) groups excluding carboxylic acids is 1. The molecule has 1 atom stereocenters. The second-order valence-corrected chi connectivity index (χ2v) is 5.78. The molecule has 0 aliphatic heterocycles. The highest BCUT2D eigenvalue weighted by Crippen LogP contribution is 2.32. The van der Waals surface area contributed by atoms with Gasteiger partial charge in [-0.15, -0.1) is 0 Å². The second kappa shape index (κ2) is 6.47. The van der Waals surface area contributed by atoms with Gasteiger partial charge in [0.15, 0.2) is 11.9 Å². The van der Waals surface area contributed by atoms with Crippen LogP contribution in [-0.2, 0) is 9.53 Å². The Balaban J connectivity index is 2.26. The van der Waals surface area contributed by atoms with Crippen LogP contribution in [-0.4, -0.2) is 19.2 Å². The van der Waals surface area contributed by atoms with Gasteiger partial charge in [0.25, 0.3) is 0 Å². The van der Waals surface area contributed by atoms with Crippen LogP contribution in [0.4, 0.5) is 0 Å². The van der Waals surface area contributed by atoms with Gasteiger partial charge in [0.1, 0.15) is 5.58 Å². The molecule has 1 aromatic carbocycles. The number of esters is 1. The van der Waals surface area contributed by atoms with Crippen LogP contribution in [0.1, 0.15) is 18.1 Å². The van der Waals surface area contributed by atoms with Crippen molar-refractivity contribution in [2.24, 2.45) is 0 Å². The summed E-state index contributed by atoms with van der Waals surface area (Å²) in [5, 5.41) is 0.380. The third-order valence-corrected chi connectivity index (χ3v) is 4.04. The van der Waals surface area contributed by atoms with Crippen molar-refractivity contribution >= 4 is 16.9 Å². The van der Waals surface area contributed by atoms with Gasteiger partial charge in [-0.2, -0.15) is 0 Å². The lowest BCUT2D eigenvalue weighted by atomic mass is 10.1. The zero-order valence-corrected chi connectivity index (χ0v) is 14.4. The first-order chi connectivity index (χ1) is 11.9. The molecule has 3 rings (SSSR count). The molecule has 0 amide bonds. The Labute approximate surface area is 144 Å². The summed E-state index contributed by atoms with van der Waals surface area (Å²) in [7, 11) is 1.25. The zero-order valence-electron chi connectivity index (χ0n) is 14.4. The molecule has 6 nitrogen and oxygen atoms in total. The van der Waals surface area contributed by atoms with Crippen molar-refractivity contribution in [2.45, 2.75) is 26.9 Å². The van der Waals surface area contributed by atoms with Crippen molar-refractivity contribution in [1.82, 2.24) is 0 Å². The first kappa shape index (κ1) is 16.8. The van der Waals surface area contributed by atoms with Crippen LogP contribution in [0.25, 0.3) is 22.5 Å². The Hall–Kier alpha value is -3.02. The van der Waals surface area contributed by atoms with Gasteiger partial charge in [-0.1, -0.05) is 0 Å². The minimum Gasteiger partial charge on any atom is -0.471 e. The molecule has 2 heterocycles. The maximum absolute atomic E-state index is 13.0. The fourth-order valence-electron chi connectivity index (χ4n) is 2.50.